The third kappa shape index (κ3) is 4.13. The molecule has 3 atom stereocenters. The molecule has 0 amide bonds. The molecule has 5 heteroatoms. The molecule has 2 fully saturated rings. The number of fused-ring (bicyclic) bond motifs is 1. The minimum Gasteiger partial charge on any atom is -0.468 e. The van der Waals surface area contributed by atoms with Gasteiger partial charge < -0.3 is 9.47 Å². The lowest BCUT2D eigenvalue weighted by molar-refractivity contribution is -0.173. The van der Waals surface area contributed by atoms with Gasteiger partial charge in [-0.05, 0) is 37.0 Å². The quantitative estimate of drug-likeness (QED) is 0.296. The Labute approximate surface area is 166 Å². The monoisotopic (exact) mass is 396 g/mol. The highest BCUT2D eigenvalue weighted by Gasteiger charge is 2.63. The largest absolute Gasteiger partial charge is 0.468 e. The molecular formula is C22H40O4Si. The van der Waals surface area contributed by atoms with Crippen LogP contribution in [-0.4, -0.2) is 34.2 Å². The Kier molecular flexibility index (Phi) is 7.96. The van der Waals surface area contributed by atoms with Crippen LogP contribution in [0, 0.1) is 23.2 Å². The van der Waals surface area contributed by atoms with Gasteiger partial charge in [-0.25, -0.2) is 0 Å². The summed E-state index contributed by atoms with van der Waals surface area (Å²) < 4.78 is 10.3. The molecule has 0 aromatic heterocycles. The van der Waals surface area contributed by atoms with Crippen LogP contribution >= 0.6 is 0 Å². The molecule has 0 N–H and O–H groups in total. The van der Waals surface area contributed by atoms with Crippen LogP contribution in [0.3, 0.4) is 0 Å². The van der Waals surface area contributed by atoms with Crippen LogP contribution < -0.4 is 0 Å². The van der Waals surface area contributed by atoms with Crippen LogP contribution in [-0.2, 0) is 19.1 Å². The van der Waals surface area contributed by atoms with E-state index < -0.39 is 13.5 Å². The second-order valence-corrected chi connectivity index (χ2v) is 14.5. The van der Waals surface area contributed by atoms with Gasteiger partial charge in [0.25, 0.3) is 0 Å². The van der Waals surface area contributed by atoms with Gasteiger partial charge in [-0.2, -0.15) is 0 Å². The molecule has 0 bridgehead atoms. The molecule has 0 aromatic carbocycles. The van der Waals surface area contributed by atoms with Crippen LogP contribution in [0.2, 0.25) is 24.2 Å². The minimum atomic E-state index is -1.11. The molecule has 0 aliphatic heterocycles. The van der Waals surface area contributed by atoms with Gasteiger partial charge in [0.05, 0.1) is 22.3 Å². The van der Waals surface area contributed by atoms with Crippen LogP contribution in [0.15, 0.2) is 0 Å². The van der Waals surface area contributed by atoms with E-state index >= 15 is 0 Å². The number of carbonyl (C=O) groups is 2. The molecule has 0 saturated heterocycles. The Morgan fingerprint density at radius 1 is 0.963 bits per heavy atom. The Bertz CT molecular complexity index is 490. The van der Waals surface area contributed by atoms with Crippen LogP contribution in [0.25, 0.3) is 0 Å². The molecule has 0 heterocycles. The zero-order valence-electron chi connectivity index (χ0n) is 18.1. The van der Waals surface area contributed by atoms with E-state index in [1.165, 1.54) is 51.2 Å². The van der Waals surface area contributed by atoms with E-state index in [4.69, 9.17) is 9.47 Å². The van der Waals surface area contributed by atoms with E-state index in [9.17, 15) is 9.59 Å². The third-order valence-electron chi connectivity index (χ3n) is 8.27. The molecule has 4 nitrogen and oxygen atoms in total. The van der Waals surface area contributed by atoms with Crippen molar-refractivity contribution in [2.45, 2.75) is 89.9 Å². The Balaban J connectivity index is 2.18. The average molecular weight is 397 g/mol. The van der Waals surface area contributed by atoms with Crippen LogP contribution in [0.1, 0.15) is 65.7 Å². The van der Waals surface area contributed by atoms with Crippen molar-refractivity contribution in [3.05, 3.63) is 0 Å². The molecule has 27 heavy (non-hydrogen) atoms. The first-order valence-corrected chi connectivity index (χ1v) is 13.9. The van der Waals surface area contributed by atoms with E-state index in [2.05, 4.69) is 20.8 Å². The normalized spacial score (nSPS) is 27.1. The first-order chi connectivity index (χ1) is 12.9. The zero-order valence-corrected chi connectivity index (χ0v) is 19.1. The van der Waals surface area contributed by atoms with E-state index in [1.54, 1.807) is 0 Å². The third-order valence-corrected chi connectivity index (χ3v) is 14.2. The van der Waals surface area contributed by atoms with Gasteiger partial charge in [-0.15, -0.1) is 0 Å². The highest BCUT2D eigenvalue weighted by Crippen LogP contribution is 2.58. The lowest BCUT2D eigenvalue weighted by atomic mass is 9.69. The SMILES string of the molecule is CC[Si](CC)(CC)CCCC1CC(C(=O)OC)(C(=O)OC)C2CCCCC12. The highest BCUT2D eigenvalue weighted by atomic mass is 28.3. The summed E-state index contributed by atoms with van der Waals surface area (Å²) >= 11 is 0. The van der Waals surface area contributed by atoms with Crippen molar-refractivity contribution in [1.82, 2.24) is 0 Å². The number of hydrogen-bond donors (Lipinski definition) is 0. The van der Waals surface area contributed by atoms with E-state index in [1.807, 2.05) is 0 Å². The predicted octanol–water partition coefficient (Wildman–Crippen LogP) is 5.43. The van der Waals surface area contributed by atoms with Crippen molar-refractivity contribution in [1.29, 1.82) is 0 Å². The Hall–Kier alpha value is -0.843. The molecular weight excluding hydrogens is 356 g/mol. The smallest absolute Gasteiger partial charge is 0.323 e. The lowest BCUT2D eigenvalue weighted by Crippen LogP contribution is -2.46. The van der Waals surface area contributed by atoms with Gasteiger partial charge in [0.1, 0.15) is 0 Å². The number of rotatable bonds is 9. The number of methoxy groups -OCH3 is 2. The van der Waals surface area contributed by atoms with Gasteiger partial charge in [-0.3, -0.25) is 9.59 Å². The topological polar surface area (TPSA) is 52.6 Å². The standard InChI is InChI=1S/C22H40O4Si/c1-6-27(7-2,8-3)15-11-12-17-16-22(20(23)25-4,21(24)26-5)19-14-10-9-13-18(17)19/h17-19H,6-16H2,1-5H3. The number of hydrogen-bond acceptors (Lipinski definition) is 4. The Morgan fingerprint density at radius 3 is 2.04 bits per heavy atom. The van der Waals surface area contributed by atoms with Crippen molar-refractivity contribution >= 4 is 20.0 Å². The molecule has 0 spiro atoms. The second-order valence-electron chi connectivity index (χ2n) is 8.93. The van der Waals surface area contributed by atoms with Gasteiger partial charge in [0, 0.05) is 0 Å². The summed E-state index contributed by atoms with van der Waals surface area (Å²) in [6, 6.07) is 5.48. The van der Waals surface area contributed by atoms with Crippen LogP contribution in [0.5, 0.6) is 0 Å². The van der Waals surface area contributed by atoms with Crippen molar-refractivity contribution in [2.24, 2.45) is 23.2 Å². The number of esters is 2. The zero-order chi connectivity index (χ0) is 20.1. The summed E-state index contributed by atoms with van der Waals surface area (Å²) in [5.41, 5.74) is -1.06. The molecule has 3 unspecified atom stereocenters. The van der Waals surface area contributed by atoms with Gasteiger partial charge in [0.15, 0.2) is 5.41 Å². The highest BCUT2D eigenvalue weighted by molar-refractivity contribution is 6.79. The van der Waals surface area contributed by atoms with Crippen LogP contribution in [0.4, 0.5) is 0 Å². The van der Waals surface area contributed by atoms with Crippen molar-refractivity contribution in [2.75, 3.05) is 14.2 Å². The maximum Gasteiger partial charge on any atom is 0.323 e. The maximum atomic E-state index is 12.8. The molecule has 156 valence electrons. The molecule has 0 aromatic rings. The van der Waals surface area contributed by atoms with Crippen molar-refractivity contribution in [3.8, 4) is 0 Å². The van der Waals surface area contributed by atoms with E-state index in [0.717, 1.165) is 25.7 Å². The first-order valence-electron chi connectivity index (χ1n) is 11.1. The van der Waals surface area contributed by atoms with E-state index in [-0.39, 0.29) is 17.9 Å². The summed E-state index contributed by atoms with van der Waals surface area (Å²) in [4.78, 5) is 25.6. The van der Waals surface area contributed by atoms with E-state index in [0.29, 0.717) is 18.3 Å². The van der Waals surface area contributed by atoms with Gasteiger partial charge >= 0.3 is 11.9 Å². The molecule has 2 aliphatic carbocycles. The fourth-order valence-electron chi connectivity index (χ4n) is 6.30. The summed E-state index contributed by atoms with van der Waals surface area (Å²) in [5, 5.41) is 0. The summed E-state index contributed by atoms with van der Waals surface area (Å²) in [6.07, 6.45) is 7.42. The van der Waals surface area contributed by atoms with Gasteiger partial charge in [-0.1, -0.05) is 70.6 Å². The van der Waals surface area contributed by atoms with Crippen molar-refractivity contribution in [3.63, 3.8) is 0 Å². The molecule has 2 saturated carbocycles. The summed E-state index contributed by atoms with van der Waals surface area (Å²) in [7, 11) is 1.70. The molecule has 0 radical (unpaired) electrons. The average Bonchev–Trinajstić information content (AvgIpc) is 3.06. The van der Waals surface area contributed by atoms with Gasteiger partial charge in [0.2, 0.25) is 0 Å². The first kappa shape index (κ1) is 22.4. The fraction of sp³-hybridized carbons (Fsp3) is 0.909. The fourth-order valence-corrected chi connectivity index (χ4v) is 9.82. The Morgan fingerprint density at radius 2 is 1.52 bits per heavy atom. The summed E-state index contributed by atoms with van der Waals surface area (Å²) in [5.74, 6) is 0.284. The summed E-state index contributed by atoms with van der Waals surface area (Å²) in [6.45, 7) is 7.10. The lowest BCUT2D eigenvalue weighted by Gasteiger charge is -2.35. The second kappa shape index (κ2) is 9.57. The number of carbonyl (C=O) groups excluding carboxylic acids is 2. The molecule has 2 rings (SSSR count). The maximum absolute atomic E-state index is 12.8. The minimum absolute atomic E-state index is 0.0988. The molecule has 2 aliphatic rings. The predicted molar refractivity (Wildman–Crippen MR) is 111 cm³/mol. The number of ether oxygens (including phenoxy) is 2. The van der Waals surface area contributed by atoms with Crippen molar-refractivity contribution < 1.29 is 19.1 Å².